The molecule has 128 valence electrons. The van der Waals surface area contributed by atoms with Crippen molar-refractivity contribution in [3.05, 3.63) is 63.7 Å². The molecule has 0 bridgehead atoms. The normalized spacial score (nSPS) is 11.5. The van der Waals surface area contributed by atoms with Crippen molar-refractivity contribution in [2.75, 3.05) is 13.2 Å². The zero-order chi connectivity index (χ0) is 17.4. The SMILES string of the molecule is CCOCC#CI(OS(=O)(=O)c1ccc(C)cc1)c1ccccc1. The van der Waals surface area contributed by atoms with E-state index in [0.29, 0.717) is 6.61 Å². The first-order valence-electron chi connectivity index (χ1n) is 7.36. The number of benzene rings is 2. The van der Waals surface area contributed by atoms with Gasteiger partial charge in [-0.25, -0.2) is 0 Å². The Balaban J connectivity index is 2.26. The van der Waals surface area contributed by atoms with E-state index in [2.05, 4.69) is 9.85 Å². The molecule has 0 amide bonds. The third-order valence-electron chi connectivity index (χ3n) is 2.92. The van der Waals surface area contributed by atoms with E-state index in [9.17, 15) is 8.42 Å². The molecular formula is C18H19IO4S. The molecule has 0 radical (unpaired) electrons. The predicted octanol–water partition coefficient (Wildman–Crippen LogP) is 3.99. The first-order valence-corrected chi connectivity index (χ1v) is 11.8. The third-order valence-corrected chi connectivity index (χ3v) is 9.28. The summed E-state index contributed by atoms with van der Waals surface area (Å²) in [6.07, 6.45) is 0. The van der Waals surface area contributed by atoms with E-state index in [4.69, 9.17) is 7.25 Å². The Morgan fingerprint density at radius 2 is 1.71 bits per heavy atom. The number of hydrogen-bond acceptors (Lipinski definition) is 4. The zero-order valence-corrected chi connectivity index (χ0v) is 16.5. The number of aryl methyl sites for hydroxylation is 1. The number of rotatable bonds is 6. The van der Waals surface area contributed by atoms with Crippen LogP contribution in [0.4, 0.5) is 0 Å². The van der Waals surface area contributed by atoms with Crippen molar-refractivity contribution in [2.45, 2.75) is 18.7 Å². The molecule has 2 aromatic rings. The van der Waals surface area contributed by atoms with Gasteiger partial charge < -0.3 is 0 Å². The molecule has 2 aromatic carbocycles. The van der Waals surface area contributed by atoms with E-state index in [0.717, 1.165) is 9.13 Å². The van der Waals surface area contributed by atoms with Crippen LogP contribution in [-0.2, 0) is 17.4 Å². The van der Waals surface area contributed by atoms with Crippen LogP contribution in [-0.4, -0.2) is 21.6 Å². The van der Waals surface area contributed by atoms with Gasteiger partial charge in [0.05, 0.1) is 0 Å². The summed E-state index contributed by atoms with van der Waals surface area (Å²) in [5, 5.41) is 0. The molecule has 0 aliphatic rings. The zero-order valence-electron chi connectivity index (χ0n) is 13.5. The molecule has 0 aromatic heterocycles. The summed E-state index contributed by atoms with van der Waals surface area (Å²) in [6, 6.07) is 15.9. The second kappa shape index (κ2) is 9.18. The van der Waals surface area contributed by atoms with Crippen LogP contribution < -0.4 is 0 Å². The van der Waals surface area contributed by atoms with Crippen molar-refractivity contribution in [3.63, 3.8) is 0 Å². The fourth-order valence-corrected chi connectivity index (χ4v) is 7.33. The molecule has 0 saturated carbocycles. The summed E-state index contributed by atoms with van der Waals surface area (Å²) in [6.45, 7) is 4.62. The van der Waals surface area contributed by atoms with E-state index >= 15 is 0 Å². The topological polar surface area (TPSA) is 52.6 Å². The minimum atomic E-state index is -3.84. The average Bonchev–Trinajstić information content (AvgIpc) is 2.59. The average molecular weight is 458 g/mol. The van der Waals surface area contributed by atoms with Gasteiger partial charge in [-0.05, 0) is 0 Å². The molecule has 0 atom stereocenters. The second-order valence-corrected chi connectivity index (χ2v) is 10.6. The van der Waals surface area contributed by atoms with Crippen molar-refractivity contribution in [1.82, 2.24) is 0 Å². The standard InChI is InChI=1S/C18H19IO4S/c1-3-22-15-7-14-19(17-8-5-4-6-9-17)23-24(20,21)18-12-10-16(2)11-13-18/h4-6,8-13H,3,15H2,1-2H3. The van der Waals surface area contributed by atoms with E-state index in [1.165, 1.54) is 0 Å². The van der Waals surface area contributed by atoms with Gasteiger partial charge in [0.2, 0.25) is 0 Å². The van der Waals surface area contributed by atoms with Crippen LogP contribution >= 0.6 is 20.2 Å². The van der Waals surface area contributed by atoms with Crippen molar-refractivity contribution >= 4 is 30.4 Å². The van der Waals surface area contributed by atoms with Gasteiger partial charge in [0, 0.05) is 0 Å². The van der Waals surface area contributed by atoms with Crippen LogP contribution in [0.25, 0.3) is 0 Å². The molecule has 0 spiro atoms. The van der Waals surface area contributed by atoms with Gasteiger partial charge in [-0.3, -0.25) is 0 Å². The fraction of sp³-hybridized carbons (Fsp3) is 0.222. The number of hydrogen-bond donors (Lipinski definition) is 0. The Morgan fingerprint density at radius 3 is 2.33 bits per heavy atom. The molecule has 24 heavy (non-hydrogen) atoms. The molecule has 6 heteroatoms. The maximum absolute atomic E-state index is 12.5. The van der Waals surface area contributed by atoms with Gasteiger partial charge >= 0.3 is 152 Å². The third kappa shape index (κ3) is 5.60. The molecule has 2 rings (SSSR count). The Hall–Kier alpha value is -1.40. The Kier molecular flexibility index (Phi) is 7.24. The van der Waals surface area contributed by atoms with E-state index in [-0.39, 0.29) is 11.5 Å². The Morgan fingerprint density at radius 1 is 1.04 bits per heavy atom. The number of ether oxygens (including phenoxy) is 1. The molecule has 0 aliphatic heterocycles. The van der Waals surface area contributed by atoms with Crippen LogP contribution in [0.15, 0.2) is 59.5 Å². The first kappa shape index (κ1) is 18.9. The van der Waals surface area contributed by atoms with Crippen LogP contribution in [0.1, 0.15) is 12.5 Å². The van der Waals surface area contributed by atoms with Crippen LogP contribution in [0.2, 0.25) is 0 Å². The predicted molar refractivity (Wildman–Crippen MR) is 103 cm³/mol. The summed E-state index contributed by atoms with van der Waals surface area (Å²) < 4.78 is 39.6. The van der Waals surface area contributed by atoms with Crippen LogP contribution in [0.3, 0.4) is 0 Å². The molecule has 4 nitrogen and oxygen atoms in total. The molecule has 0 heterocycles. The van der Waals surface area contributed by atoms with Gasteiger partial charge in [-0.15, -0.1) is 0 Å². The second-order valence-electron chi connectivity index (χ2n) is 4.78. The van der Waals surface area contributed by atoms with Gasteiger partial charge in [-0.1, -0.05) is 0 Å². The quantitative estimate of drug-likeness (QED) is 0.373. The maximum atomic E-state index is 12.5. The van der Waals surface area contributed by atoms with Crippen molar-refractivity contribution in [3.8, 4) is 9.85 Å². The van der Waals surface area contributed by atoms with Crippen molar-refractivity contribution < 1.29 is 15.7 Å². The monoisotopic (exact) mass is 458 g/mol. The summed E-state index contributed by atoms with van der Waals surface area (Å²) in [5.41, 5.74) is 0.990. The van der Waals surface area contributed by atoms with Crippen LogP contribution in [0.5, 0.6) is 0 Å². The van der Waals surface area contributed by atoms with Gasteiger partial charge in [0.1, 0.15) is 0 Å². The van der Waals surface area contributed by atoms with E-state index < -0.39 is 30.4 Å². The van der Waals surface area contributed by atoms with E-state index in [1.807, 2.05) is 44.2 Å². The summed E-state index contributed by atoms with van der Waals surface area (Å²) in [7, 11) is -3.84. The van der Waals surface area contributed by atoms with Gasteiger partial charge in [0.25, 0.3) is 0 Å². The molecule has 0 N–H and O–H groups in total. The summed E-state index contributed by atoms with van der Waals surface area (Å²) in [4.78, 5) is 0.151. The fourth-order valence-electron chi connectivity index (χ4n) is 1.70. The van der Waals surface area contributed by atoms with Gasteiger partial charge in [-0.2, -0.15) is 0 Å². The van der Waals surface area contributed by atoms with Crippen molar-refractivity contribution in [2.24, 2.45) is 0 Å². The van der Waals surface area contributed by atoms with Crippen molar-refractivity contribution in [1.29, 1.82) is 0 Å². The first-order chi connectivity index (χ1) is 11.5. The molecule has 0 aliphatic carbocycles. The van der Waals surface area contributed by atoms with Crippen LogP contribution in [0, 0.1) is 20.3 Å². The Bertz CT molecular complexity index is 806. The number of halogens is 1. The molecule has 0 unspecified atom stereocenters. The molecule has 0 saturated heterocycles. The van der Waals surface area contributed by atoms with Gasteiger partial charge in [0.15, 0.2) is 0 Å². The molecule has 0 fully saturated rings. The minimum absolute atomic E-state index is 0.151. The van der Waals surface area contributed by atoms with E-state index in [1.54, 1.807) is 24.3 Å². The summed E-state index contributed by atoms with van der Waals surface area (Å²) in [5.74, 6) is 2.88. The Labute approximate surface area is 151 Å². The molecular weight excluding hydrogens is 439 g/mol. The summed E-state index contributed by atoms with van der Waals surface area (Å²) >= 11 is -2.67.